The number of hydrogen-bond donors (Lipinski definition) is 1. The van der Waals surface area contributed by atoms with E-state index in [9.17, 15) is 0 Å². The lowest BCUT2D eigenvalue weighted by Crippen LogP contribution is -2.08. The van der Waals surface area contributed by atoms with Gasteiger partial charge in [-0.05, 0) is 50.9 Å². The number of hydrogen-bond acceptors (Lipinski definition) is 2. The van der Waals surface area contributed by atoms with Crippen molar-refractivity contribution in [1.29, 1.82) is 0 Å². The first-order chi connectivity index (χ1) is 8.38. The third kappa shape index (κ3) is 5.55. The van der Waals surface area contributed by atoms with E-state index in [1.54, 1.807) is 0 Å². The Morgan fingerprint density at radius 2 is 2.06 bits per heavy atom. The SMILES string of the molecule is C=CCc1ccccc1OCCCCCNC. The van der Waals surface area contributed by atoms with E-state index in [-0.39, 0.29) is 0 Å². The zero-order chi connectivity index (χ0) is 12.3. The highest BCUT2D eigenvalue weighted by Crippen LogP contribution is 2.19. The van der Waals surface area contributed by atoms with Crippen LogP contribution in [-0.4, -0.2) is 20.2 Å². The van der Waals surface area contributed by atoms with Gasteiger partial charge in [0.1, 0.15) is 5.75 Å². The minimum atomic E-state index is 0.803. The first-order valence-corrected chi connectivity index (χ1v) is 6.34. The first-order valence-electron chi connectivity index (χ1n) is 6.34. The predicted octanol–water partition coefficient (Wildman–Crippen LogP) is 3.18. The fourth-order valence-electron chi connectivity index (χ4n) is 1.73. The van der Waals surface area contributed by atoms with Gasteiger partial charge in [-0.3, -0.25) is 0 Å². The second-order valence-corrected chi connectivity index (χ2v) is 4.11. The van der Waals surface area contributed by atoms with E-state index < -0.39 is 0 Å². The van der Waals surface area contributed by atoms with Crippen LogP contribution in [0.15, 0.2) is 36.9 Å². The summed E-state index contributed by atoms with van der Waals surface area (Å²) >= 11 is 0. The number of ether oxygens (including phenoxy) is 1. The van der Waals surface area contributed by atoms with Crippen LogP contribution in [-0.2, 0) is 6.42 Å². The van der Waals surface area contributed by atoms with Gasteiger partial charge in [-0.2, -0.15) is 0 Å². The lowest BCUT2D eigenvalue weighted by molar-refractivity contribution is 0.302. The Balaban J connectivity index is 2.28. The number of benzene rings is 1. The normalized spacial score (nSPS) is 10.2. The van der Waals surface area contributed by atoms with Crippen LogP contribution in [0.3, 0.4) is 0 Å². The Morgan fingerprint density at radius 1 is 1.24 bits per heavy atom. The Morgan fingerprint density at radius 3 is 2.82 bits per heavy atom. The Labute approximate surface area is 105 Å². The van der Waals surface area contributed by atoms with Gasteiger partial charge < -0.3 is 10.1 Å². The van der Waals surface area contributed by atoms with E-state index in [1.807, 2.05) is 31.3 Å². The molecule has 1 aromatic carbocycles. The van der Waals surface area contributed by atoms with Gasteiger partial charge >= 0.3 is 0 Å². The third-order valence-corrected chi connectivity index (χ3v) is 2.67. The van der Waals surface area contributed by atoms with Crippen molar-refractivity contribution in [2.45, 2.75) is 25.7 Å². The molecule has 2 heteroatoms. The van der Waals surface area contributed by atoms with Crippen molar-refractivity contribution in [2.75, 3.05) is 20.2 Å². The van der Waals surface area contributed by atoms with Gasteiger partial charge in [0.25, 0.3) is 0 Å². The molecular weight excluding hydrogens is 210 g/mol. The average Bonchev–Trinajstić information content (AvgIpc) is 2.36. The average molecular weight is 233 g/mol. The van der Waals surface area contributed by atoms with Gasteiger partial charge in [-0.25, -0.2) is 0 Å². The second kappa shape index (κ2) is 8.82. The molecular formula is C15H23NO. The summed E-state index contributed by atoms with van der Waals surface area (Å²) < 4.78 is 5.80. The fraction of sp³-hybridized carbons (Fsp3) is 0.467. The maximum atomic E-state index is 5.80. The Bertz CT molecular complexity index is 322. The summed E-state index contributed by atoms with van der Waals surface area (Å²) in [4.78, 5) is 0. The van der Waals surface area contributed by atoms with Crippen LogP contribution in [0, 0.1) is 0 Å². The van der Waals surface area contributed by atoms with Crippen LogP contribution in [0.1, 0.15) is 24.8 Å². The summed E-state index contributed by atoms with van der Waals surface area (Å²) in [5.41, 5.74) is 1.22. The minimum Gasteiger partial charge on any atom is -0.493 e. The maximum absolute atomic E-state index is 5.80. The van der Waals surface area contributed by atoms with Crippen molar-refractivity contribution >= 4 is 0 Å². The molecule has 0 aromatic heterocycles. The molecule has 0 radical (unpaired) electrons. The molecule has 0 aliphatic carbocycles. The molecule has 0 aliphatic heterocycles. The van der Waals surface area contributed by atoms with E-state index in [0.29, 0.717) is 0 Å². The van der Waals surface area contributed by atoms with Gasteiger partial charge in [0, 0.05) is 0 Å². The number of para-hydroxylation sites is 1. The molecule has 0 bridgehead atoms. The van der Waals surface area contributed by atoms with Crippen molar-refractivity contribution in [1.82, 2.24) is 5.32 Å². The number of unbranched alkanes of at least 4 members (excludes halogenated alkanes) is 2. The summed E-state index contributed by atoms with van der Waals surface area (Å²) in [5.74, 6) is 1.00. The first kappa shape index (κ1) is 13.8. The fourth-order valence-corrected chi connectivity index (χ4v) is 1.73. The quantitative estimate of drug-likeness (QED) is 0.522. The third-order valence-electron chi connectivity index (χ3n) is 2.67. The largest absolute Gasteiger partial charge is 0.493 e. The molecule has 0 fully saturated rings. The van der Waals surface area contributed by atoms with E-state index in [0.717, 1.165) is 31.7 Å². The summed E-state index contributed by atoms with van der Waals surface area (Å²) in [6.45, 7) is 5.66. The van der Waals surface area contributed by atoms with Crippen LogP contribution < -0.4 is 10.1 Å². The standard InChI is InChI=1S/C15H23NO/c1-3-9-14-10-5-6-11-15(14)17-13-8-4-7-12-16-2/h3,5-6,10-11,16H,1,4,7-9,12-13H2,2H3. The van der Waals surface area contributed by atoms with E-state index in [2.05, 4.69) is 18.0 Å². The molecule has 0 amide bonds. The van der Waals surface area contributed by atoms with E-state index in [4.69, 9.17) is 4.74 Å². The van der Waals surface area contributed by atoms with Crippen LogP contribution in [0.25, 0.3) is 0 Å². The van der Waals surface area contributed by atoms with Crippen LogP contribution in [0.2, 0.25) is 0 Å². The lowest BCUT2D eigenvalue weighted by Gasteiger charge is -2.10. The molecule has 1 aromatic rings. The molecule has 94 valence electrons. The number of allylic oxidation sites excluding steroid dienone is 1. The lowest BCUT2D eigenvalue weighted by atomic mass is 10.1. The zero-order valence-electron chi connectivity index (χ0n) is 10.7. The molecule has 1 rings (SSSR count). The number of nitrogens with one attached hydrogen (secondary N) is 1. The molecule has 0 atom stereocenters. The summed E-state index contributed by atoms with van der Waals surface area (Å²) in [6.07, 6.45) is 6.33. The molecule has 2 nitrogen and oxygen atoms in total. The highest BCUT2D eigenvalue weighted by Gasteiger charge is 2.00. The molecule has 0 aliphatic rings. The van der Waals surface area contributed by atoms with Crippen molar-refractivity contribution in [3.8, 4) is 5.75 Å². The summed E-state index contributed by atoms with van der Waals surface area (Å²) in [7, 11) is 1.99. The van der Waals surface area contributed by atoms with Gasteiger partial charge in [-0.15, -0.1) is 6.58 Å². The topological polar surface area (TPSA) is 21.3 Å². The summed E-state index contributed by atoms with van der Waals surface area (Å²) in [6, 6.07) is 8.19. The van der Waals surface area contributed by atoms with Crippen molar-refractivity contribution in [2.24, 2.45) is 0 Å². The molecule has 0 spiro atoms. The second-order valence-electron chi connectivity index (χ2n) is 4.11. The predicted molar refractivity (Wildman–Crippen MR) is 73.6 cm³/mol. The summed E-state index contributed by atoms with van der Waals surface area (Å²) in [5, 5.41) is 3.15. The van der Waals surface area contributed by atoms with Crippen molar-refractivity contribution < 1.29 is 4.74 Å². The highest BCUT2D eigenvalue weighted by molar-refractivity contribution is 5.34. The number of rotatable bonds is 9. The molecule has 1 N–H and O–H groups in total. The maximum Gasteiger partial charge on any atom is 0.122 e. The molecule has 17 heavy (non-hydrogen) atoms. The molecule has 0 saturated carbocycles. The van der Waals surface area contributed by atoms with E-state index in [1.165, 1.54) is 18.4 Å². The van der Waals surface area contributed by atoms with Gasteiger partial charge in [0.05, 0.1) is 6.61 Å². The van der Waals surface area contributed by atoms with Crippen molar-refractivity contribution in [3.05, 3.63) is 42.5 Å². The Kier molecular flexibility index (Phi) is 7.15. The molecule has 0 heterocycles. The Hall–Kier alpha value is -1.28. The highest BCUT2D eigenvalue weighted by atomic mass is 16.5. The van der Waals surface area contributed by atoms with E-state index >= 15 is 0 Å². The molecule has 0 unspecified atom stereocenters. The van der Waals surface area contributed by atoms with Crippen molar-refractivity contribution in [3.63, 3.8) is 0 Å². The van der Waals surface area contributed by atoms with Crippen LogP contribution >= 0.6 is 0 Å². The molecule has 0 saturated heterocycles. The smallest absolute Gasteiger partial charge is 0.122 e. The van der Waals surface area contributed by atoms with Crippen LogP contribution in [0.4, 0.5) is 0 Å². The van der Waals surface area contributed by atoms with Gasteiger partial charge in [0.15, 0.2) is 0 Å². The monoisotopic (exact) mass is 233 g/mol. The van der Waals surface area contributed by atoms with Gasteiger partial charge in [-0.1, -0.05) is 24.3 Å². The zero-order valence-corrected chi connectivity index (χ0v) is 10.7. The van der Waals surface area contributed by atoms with Gasteiger partial charge in [0.2, 0.25) is 0 Å². The van der Waals surface area contributed by atoms with Crippen LogP contribution in [0.5, 0.6) is 5.75 Å². The minimum absolute atomic E-state index is 0.803.